The molecule has 0 amide bonds. The third-order valence-electron chi connectivity index (χ3n) is 5.12. The number of H-pyrrole nitrogens is 1. The maximum absolute atomic E-state index is 13.6. The third kappa shape index (κ3) is 3.88. The van der Waals surface area contributed by atoms with Gasteiger partial charge >= 0.3 is 12.1 Å². The fourth-order valence-corrected chi connectivity index (χ4v) is 3.71. The number of alkyl halides is 3. The highest BCUT2D eigenvalue weighted by atomic mass is 19.4. The maximum Gasteiger partial charge on any atom is 0.423 e. The largest absolute Gasteiger partial charge is 0.489 e. The van der Waals surface area contributed by atoms with Crippen molar-refractivity contribution in [2.75, 3.05) is 11.5 Å². The monoisotopic (exact) mass is 449 g/mol. The summed E-state index contributed by atoms with van der Waals surface area (Å²) in [6.45, 7) is -0.105. The molecule has 1 atom stereocenters. The summed E-state index contributed by atoms with van der Waals surface area (Å²) in [5.74, 6) is -2.78. The molecule has 32 heavy (non-hydrogen) atoms. The number of aromatic carboxylic acids is 1. The predicted octanol–water partition coefficient (Wildman–Crippen LogP) is 3.77. The number of carboxylic acid groups (broad SMARTS) is 1. The molecule has 0 saturated carbocycles. The zero-order valence-electron chi connectivity index (χ0n) is 16.2. The van der Waals surface area contributed by atoms with Gasteiger partial charge in [0, 0.05) is 18.8 Å². The SMILES string of the molecule is O=C(O)c1cc(OCC2c3ccccc3CN2c2cc[nH]c(=O)c2C(F)(F)F)cnc1F. The Labute approximate surface area is 177 Å². The van der Waals surface area contributed by atoms with Crippen molar-refractivity contribution in [3.8, 4) is 5.75 Å². The van der Waals surface area contributed by atoms with Gasteiger partial charge in [0.05, 0.1) is 17.9 Å². The second kappa shape index (κ2) is 7.98. The van der Waals surface area contributed by atoms with Crippen LogP contribution in [0.15, 0.2) is 53.6 Å². The van der Waals surface area contributed by atoms with Gasteiger partial charge in [-0.15, -0.1) is 0 Å². The van der Waals surface area contributed by atoms with E-state index in [1.54, 1.807) is 24.3 Å². The van der Waals surface area contributed by atoms with Gasteiger partial charge in [0.25, 0.3) is 5.56 Å². The molecule has 2 aromatic heterocycles. The van der Waals surface area contributed by atoms with Crippen molar-refractivity contribution in [1.82, 2.24) is 9.97 Å². The highest BCUT2D eigenvalue weighted by Crippen LogP contribution is 2.42. The molecule has 7 nitrogen and oxygen atoms in total. The summed E-state index contributed by atoms with van der Waals surface area (Å²) >= 11 is 0. The van der Waals surface area contributed by atoms with Gasteiger partial charge in [-0.2, -0.15) is 17.6 Å². The number of nitrogens with one attached hydrogen (secondary N) is 1. The van der Waals surface area contributed by atoms with Crippen LogP contribution in [-0.4, -0.2) is 27.7 Å². The number of anilines is 1. The summed E-state index contributed by atoms with van der Waals surface area (Å²) < 4.78 is 60.1. The highest BCUT2D eigenvalue weighted by molar-refractivity contribution is 5.87. The Kier molecular flexibility index (Phi) is 5.33. The summed E-state index contributed by atoms with van der Waals surface area (Å²) in [4.78, 5) is 29.9. The number of carbonyl (C=O) groups is 1. The van der Waals surface area contributed by atoms with Gasteiger partial charge in [0.15, 0.2) is 0 Å². The average molecular weight is 449 g/mol. The number of halogens is 4. The number of aromatic nitrogens is 2. The molecular formula is C21H15F4N3O4. The van der Waals surface area contributed by atoms with Crippen molar-refractivity contribution in [2.24, 2.45) is 0 Å². The number of ether oxygens (including phenoxy) is 1. The van der Waals surface area contributed by atoms with E-state index >= 15 is 0 Å². The van der Waals surface area contributed by atoms with E-state index in [4.69, 9.17) is 9.84 Å². The molecule has 3 aromatic rings. The van der Waals surface area contributed by atoms with Gasteiger partial charge in [0.2, 0.25) is 5.95 Å². The second-order valence-corrected chi connectivity index (χ2v) is 7.03. The van der Waals surface area contributed by atoms with E-state index in [2.05, 4.69) is 9.97 Å². The molecule has 4 rings (SSSR count). The van der Waals surface area contributed by atoms with E-state index in [-0.39, 0.29) is 24.6 Å². The zero-order valence-corrected chi connectivity index (χ0v) is 16.2. The average Bonchev–Trinajstić information content (AvgIpc) is 3.10. The van der Waals surface area contributed by atoms with Crippen molar-refractivity contribution in [3.05, 3.63) is 87.3 Å². The van der Waals surface area contributed by atoms with Crippen molar-refractivity contribution in [3.63, 3.8) is 0 Å². The Morgan fingerprint density at radius 3 is 2.75 bits per heavy atom. The zero-order chi connectivity index (χ0) is 23.0. The number of nitrogens with zero attached hydrogens (tertiary/aromatic N) is 2. The van der Waals surface area contributed by atoms with Crippen LogP contribution in [0.2, 0.25) is 0 Å². The van der Waals surface area contributed by atoms with E-state index in [0.29, 0.717) is 5.56 Å². The Balaban J connectivity index is 1.71. The molecule has 1 aliphatic heterocycles. The van der Waals surface area contributed by atoms with E-state index in [1.165, 1.54) is 11.0 Å². The van der Waals surface area contributed by atoms with Crippen LogP contribution < -0.4 is 15.2 Å². The summed E-state index contributed by atoms with van der Waals surface area (Å²) in [7, 11) is 0. The molecule has 1 unspecified atom stereocenters. The molecule has 0 radical (unpaired) electrons. The lowest BCUT2D eigenvalue weighted by atomic mass is 10.1. The molecule has 166 valence electrons. The third-order valence-corrected chi connectivity index (χ3v) is 5.12. The predicted molar refractivity (Wildman–Crippen MR) is 104 cm³/mol. The minimum atomic E-state index is -4.89. The number of fused-ring (bicyclic) bond motifs is 1. The van der Waals surface area contributed by atoms with Crippen molar-refractivity contribution in [1.29, 1.82) is 0 Å². The normalized spacial score (nSPS) is 15.5. The van der Waals surface area contributed by atoms with Crippen LogP contribution in [0.5, 0.6) is 5.75 Å². The van der Waals surface area contributed by atoms with Crippen molar-refractivity contribution < 1.29 is 32.2 Å². The number of pyridine rings is 2. The fourth-order valence-electron chi connectivity index (χ4n) is 3.71. The quantitative estimate of drug-likeness (QED) is 0.455. The minimum Gasteiger partial charge on any atom is -0.489 e. The first kappa shape index (κ1) is 21.3. The minimum absolute atomic E-state index is 0.0601. The molecule has 0 aliphatic carbocycles. The topological polar surface area (TPSA) is 95.5 Å². The number of carboxylic acids is 1. The first-order chi connectivity index (χ1) is 15.2. The molecule has 3 heterocycles. The van der Waals surface area contributed by atoms with Crippen LogP contribution >= 0.6 is 0 Å². The molecular weight excluding hydrogens is 434 g/mol. The number of hydrogen-bond donors (Lipinski definition) is 2. The molecule has 1 aromatic carbocycles. The van der Waals surface area contributed by atoms with E-state index in [0.717, 1.165) is 24.0 Å². The van der Waals surface area contributed by atoms with Crippen LogP contribution in [0.1, 0.15) is 33.1 Å². The molecule has 0 bridgehead atoms. The molecule has 0 fully saturated rings. The first-order valence-electron chi connectivity index (χ1n) is 9.31. The summed E-state index contributed by atoms with van der Waals surface area (Å²) in [5, 5.41) is 9.04. The van der Waals surface area contributed by atoms with Crippen molar-refractivity contribution >= 4 is 11.7 Å². The van der Waals surface area contributed by atoms with Gasteiger partial charge in [0.1, 0.15) is 23.5 Å². The fraction of sp³-hybridized carbons (Fsp3) is 0.190. The van der Waals surface area contributed by atoms with E-state index < -0.39 is 40.8 Å². The summed E-state index contributed by atoms with van der Waals surface area (Å²) in [6, 6.07) is 8.34. The van der Waals surface area contributed by atoms with Gasteiger partial charge in [-0.25, -0.2) is 9.78 Å². The van der Waals surface area contributed by atoms with Gasteiger partial charge in [-0.1, -0.05) is 24.3 Å². The van der Waals surface area contributed by atoms with Gasteiger partial charge in [-0.3, -0.25) is 4.79 Å². The molecule has 1 aliphatic rings. The van der Waals surface area contributed by atoms with E-state index in [9.17, 15) is 27.2 Å². The highest BCUT2D eigenvalue weighted by Gasteiger charge is 2.41. The number of hydrogen-bond acceptors (Lipinski definition) is 5. The molecule has 0 saturated heterocycles. The molecule has 0 spiro atoms. The van der Waals surface area contributed by atoms with Gasteiger partial charge in [-0.05, 0) is 17.2 Å². The Hall–Kier alpha value is -3.89. The number of benzene rings is 1. The van der Waals surface area contributed by atoms with Gasteiger partial charge < -0.3 is 19.7 Å². The lowest BCUT2D eigenvalue weighted by Gasteiger charge is -2.29. The smallest absolute Gasteiger partial charge is 0.423 e. The van der Waals surface area contributed by atoms with Crippen LogP contribution in [0.4, 0.5) is 23.2 Å². The maximum atomic E-state index is 13.6. The van der Waals surface area contributed by atoms with Crippen LogP contribution in [-0.2, 0) is 12.7 Å². The lowest BCUT2D eigenvalue weighted by Crippen LogP contribution is -2.32. The first-order valence-corrected chi connectivity index (χ1v) is 9.31. The lowest BCUT2D eigenvalue weighted by molar-refractivity contribution is -0.138. The summed E-state index contributed by atoms with van der Waals surface area (Å²) in [6.07, 6.45) is -2.76. The Morgan fingerprint density at radius 1 is 1.28 bits per heavy atom. The number of aromatic amines is 1. The van der Waals surface area contributed by atoms with Crippen LogP contribution in [0.25, 0.3) is 0 Å². The standard InChI is InChI=1S/C21H15F4N3O4/c22-18-14(20(30)31)7-12(8-27-18)32-10-16-13-4-2-1-3-11(13)9-28(16)15-5-6-26-19(29)17(15)21(23,24)25/h1-8,16H,9-10H2,(H,26,29)(H,30,31). The Morgan fingerprint density at radius 2 is 2.03 bits per heavy atom. The number of rotatable bonds is 5. The Bertz CT molecular complexity index is 1240. The van der Waals surface area contributed by atoms with Crippen molar-refractivity contribution in [2.45, 2.75) is 18.8 Å². The molecule has 11 heteroatoms. The van der Waals surface area contributed by atoms with Crippen LogP contribution in [0.3, 0.4) is 0 Å². The van der Waals surface area contributed by atoms with E-state index in [1.807, 2.05) is 0 Å². The molecule has 2 N–H and O–H groups in total. The van der Waals surface area contributed by atoms with Crippen LogP contribution in [0, 0.1) is 5.95 Å². The second-order valence-electron chi connectivity index (χ2n) is 7.03. The summed E-state index contributed by atoms with van der Waals surface area (Å²) in [5.41, 5.74) is -2.16.